The van der Waals surface area contributed by atoms with Gasteiger partial charge in [0, 0.05) is 23.9 Å². The second-order valence-electron chi connectivity index (χ2n) is 6.23. The molecule has 0 saturated carbocycles. The second kappa shape index (κ2) is 9.79. The van der Waals surface area contributed by atoms with Crippen LogP contribution in [0.1, 0.15) is 13.8 Å². The first-order valence-electron chi connectivity index (χ1n) is 9.20. The van der Waals surface area contributed by atoms with Crippen LogP contribution in [0.15, 0.2) is 53.7 Å². The number of nitrogen functional groups attached to an aromatic ring is 1. The van der Waals surface area contributed by atoms with E-state index >= 15 is 0 Å². The summed E-state index contributed by atoms with van der Waals surface area (Å²) in [4.78, 5) is 23.3. The Hall–Kier alpha value is -3.53. The average Bonchev–Trinajstić information content (AvgIpc) is 3.08. The van der Waals surface area contributed by atoms with Crippen LogP contribution in [-0.4, -0.2) is 39.0 Å². The number of nitrogens with one attached hydrogen (secondary N) is 2. The number of benzene rings is 2. The molecule has 2 aromatic carbocycles. The number of hydrogen-bond acceptors (Lipinski definition) is 7. The molecule has 156 valence electrons. The lowest BCUT2D eigenvalue weighted by Gasteiger charge is -2.07. The third kappa shape index (κ3) is 5.51. The second-order valence-corrected chi connectivity index (χ2v) is 7.17. The van der Waals surface area contributed by atoms with Crippen LogP contribution < -0.4 is 21.2 Å². The highest BCUT2D eigenvalue weighted by Crippen LogP contribution is 2.25. The smallest absolute Gasteiger partial charge is 0.234 e. The van der Waals surface area contributed by atoms with Gasteiger partial charge in [-0.2, -0.15) is 0 Å². The Morgan fingerprint density at radius 2 is 1.80 bits per heavy atom. The maximum atomic E-state index is 12.2. The first kappa shape index (κ1) is 21.2. The molecule has 30 heavy (non-hydrogen) atoms. The SMILES string of the molecule is CCOc1cccc(-c2nnc(SCC(=O)Nc3ccc(NC(C)=O)cc3)n2N)c1. The first-order chi connectivity index (χ1) is 14.5. The van der Waals surface area contributed by atoms with Crippen molar-refractivity contribution >= 4 is 35.0 Å². The number of nitrogens with zero attached hydrogens (tertiary/aromatic N) is 3. The van der Waals surface area contributed by atoms with Gasteiger partial charge in [-0.25, -0.2) is 4.68 Å². The van der Waals surface area contributed by atoms with Crippen LogP contribution in [-0.2, 0) is 9.59 Å². The molecule has 0 atom stereocenters. The molecule has 2 amide bonds. The van der Waals surface area contributed by atoms with Gasteiger partial charge >= 0.3 is 0 Å². The summed E-state index contributed by atoms with van der Waals surface area (Å²) < 4.78 is 6.85. The van der Waals surface area contributed by atoms with Crippen LogP contribution in [0.5, 0.6) is 5.75 Å². The zero-order valence-corrected chi connectivity index (χ0v) is 17.4. The Kier molecular flexibility index (Phi) is 6.91. The van der Waals surface area contributed by atoms with Crippen molar-refractivity contribution in [3.8, 4) is 17.1 Å². The summed E-state index contributed by atoms with van der Waals surface area (Å²) in [6, 6.07) is 14.3. The Morgan fingerprint density at radius 1 is 1.10 bits per heavy atom. The largest absolute Gasteiger partial charge is 0.494 e. The molecular formula is C20H22N6O3S. The van der Waals surface area contributed by atoms with Crippen LogP contribution >= 0.6 is 11.8 Å². The van der Waals surface area contributed by atoms with Crippen molar-refractivity contribution in [2.75, 3.05) is 28.8 Å². The summed E-state index contributed by atoms with van der Waals surface area (Å²) in [6.07, 6.45) is 0. The third-order valence-corrected chi connectivity index (χ3v) is 4.83. The number of anilines is 2. The summed E-state index contributed by atoms with van der Waals surface area (Å²) in [5.74, 6) is 7.06. The van der Waals surface area contributed by atoms with Gasteiger partial charge in [0.15, 0.2) is 5.82 Å². The highest BCUT2D eigenvalue weighted by molar-refractivity contribution is 7.99. The fraction of sp³-hybridized carbons (Fsp3) is 0.200. The number of ether oxygens (including phenoxy) is 1. The topological polar surface area (TPSA) is 124 Å². The van der Waals surface area contributed by atoms with E-state index in [4.69, 9.17) is 10.6 Å². The number of nitrogens with two attached hydrogens (primary N) is 1. The van der Waals surface area contributed by atoms with E-state index in [2.05, 4.69) is 20.8 Å². The van der Waals surface area contributed by atoms with Crippen molar-refractivity contribution in [3.05, 3.63) is 48.5 Å². The van der Waals surface area contributed by atoms with Crippen molar-refractivity contribution in [1.82, 2.24) is 14.9 Å². The normalized spacial score (nSPS) is 10.5. The molecule has 0 fully saturated rings. The number of thioether (sulfide) groups is 1. The molecule has 9 nitrogen and oxygen atoms in total. The van der Waals surface area contributed by atoms with Gasteiger partial charge in [0.1, 0.15) is 5.75 Å². The average molecular weight is 427 g/mol. The van der Waals surface area contributed by atoms with E-state index in [1.165, 1.54) is 23.4 Å². The van der Waals surface area contributed by atoms with Gasteiger partial charge in [-0.15, -0.1) is 10.2 Å². The molecule has 0 spiro atoms. The third-order valence-electron chi connectivity index (χ3n) is 3.89. The number of carbonyl (C=O) groups is 2. The lowest BCUT2D eigenvalue weighted by molar-refractivity contribution is -0.114. The minimum atomic E-state index is -0.213. The van der Waals surface area contributed by atoms with Crippen LogP contribution in [0.2, 0.25) is 0 Å². The monoisotopic (exact) mass is 426 g/mol. The van der Waals surface area contributed by atoms with E-state index < -0.39 is 0 Å². The number of amides is 2. The van der Waals surface area contributed by atoms with Gasteiger partial charge in [0.2, 0.25) is 17.0 Å². The molecule has 0 saturated heterocycles. The van der Waals surface area contributed by atoms with Crippen molar-refractivity contribution in [1.29, 1.82) is 0 Å². The Morgan fingerprint density at radius 3 is 2.47 bits per heavy atom. The van der Waals surface area contributed by atoms with Gasteiger partial charge in [-0.05, 0) is 43.3 Å². The summed E-state index contributed by atoms with van der Waals surface area (Å²) in [7, 11) is 0. The molecule has 1 heterocycles. The predicted octanol–water partition coefficient (Wildman–Crippen LogP) is 2.75. The number of aromatic nitrogens is 3. The van der Waals surface area contributed by atoms with Gasteiger partial charge in [0.05, 0.1) is 12.4 Å². The summed E-state index contributed by atoms with van der Waals surface area (Å²) in [6.45, 7) is 3.91. The van der Waals surface area contributed by atoms with Gasteiger partial charge in [-0.3, -0.25) is 9.59 Å². The molecule has 1 aromatic heterocycles. The van der Waals surface area contributed by atoms with E-state index in [1.807, 2.05) is 31.2 Å². The van der Waals surface area contributed by atoms with E-state index in [0.29, 0.717) is 29.0 Å². The molecule has 3 rings (SSSR count). The molecule has 0 bridgehead atoms. The molecule has 0 aliphatic rings. The molecule has 4 N–H and O–H groups in total. The number of carbonyl (C=O) groups excluding carboxylic acids is 2. The summed E-state index contributed by atoms with van der Waals surface area (Å²) in [5, 5.41) is 14.1. The van der Waals surface area contributed by atoms with E-state index in [0.717, 1.165) is 11.3 Å². The highest BCUT2D eigenvalue weighted by Gasteiger charge is 2.14. The van der Waals surface area contributed by atoms with Crippen molar-refractivity contribution < 1.29 is 14.3 Å². The standard InChI is InChI=1S/C20H22N6O3S/c1-3-29-17-6-4-5-14(11-17)19-24-25-20(26(19)21)30-12-18(28)23-16-9-7-15(8-10-16)22-13(2)27/h4-11H,3,12,21H2,1-2H3,(H,22,27)(H,23,28). The van der Waals surface area contributed by atoms with E-state index in [9.17, 15) is 9.59 Å². The Balaban J connectivity index is 1.59. The molecule has 0 radical (unpaired) electrons. The predicted molar refractivity (Wildman–Crippen MR) is 117 cm³/mol. The van der Waals surface area contributed by atoms with Crippen molar-refractivity contribution in [2.24, 2.45) is 0 Å². The number of rotatable bonds is 8. The Bertz CT molecular complexity index is 1040. The summed E-state index contributed by atoms with van der Waals surface area (Å²) >= 11 is 1.18. The highest BCUT2D eigenvalue weighted by atomic mass is 32.2. The van der Waals surface area contributed by atoms with Gasteiger partial charge in [0.25, 0.3) is 0 Å². The summed E-state index contributed by atoms with van der Waals surface area (Å²) in [5.41, 5.74) is 2.05. The molecule has 3 aromatic rings. The van der Waals surface area contributed by atoms with Crippen molar-refractivity contribution in [2.45, 2.75) is 19.0 Å². The van der Waals surface area contributed by atoms with Crippen LogP contribution in [0.25, 0.3) is 11.4 Å². The lowest BCUT2D eigenvalue weighted by atomic mass is 10.2. The van der Waals surface area contributed by atoms with Gasteiger partial charge < -0.3 is 21.2 Å². The minimum absolute atomic E-state index is 0.113. The van der Waals surface area contributed by atoms with Crippen molar-refractivity contribution in [3.63, 3.8) is 0 Å². The zero-order valence-electron chi connectivity index (χ0n) is 16.6. The van der Waals surface area contributed by atoms with E-state index in [1.54, 1.807) is 24.3 Å². The fourth-order valence-corrected chi connectivity index (χ4v) is 3.29. The van der Waals surface area contributed by atoms with Crippen LogP contribution in [0.4, 0.5) is 11.4 Å². The van der Waals surface area contributed by atoms with Crippen LogP contribution in [0, 0.1) is 0 Å². The number of hydrogen-bond donors (Lipinski definition) is 3. The first-order valence-corrected chi connectivity index (χ1v) is 10.2. The quantitative estimate of drug-likeness (QED) is 0.374. The Labute approximate surface area is 178 Å². The molecule has 0 unspecified atom stereocenters. The van der Waals surface area contributed by atoms with Crippen LogP contribution in [0.3, 0.4) is 0 Å². The van der Waals surface area contributed by atoms with E-state index in [-0.39, 0.29) is 17.6 Å². The molecule has 10 heteroatoms. The fourth-order valence-electron chi connectivity index (χ4n) is 2.63. The lowest BCUT2D eigenvalue weighted by Crippen LogP contribution is -2.16. The molecule has 0 aliphatic carbocycles. The zero-order chi connectivity index (χ0) is 21.5. The molecule has 0 aliphatic heterocycles. The van der Waals surface area contributed by atoms with Gasteiger partial charge in [-0.1, -0.05) is 23.9 Å². The molecular weight excluding hydrogens is 404 g/mol. The maximum Gasteiger partial charge on any atom is 0.234 e. The minimum Gasteiger partial charge on any atom is -0.494 e. The maximum absolute atomic E-state index is 12.2.